The quantitative estimate of drug-likeness (QED) is 0.183. The SMILES string of the molecule is CC(C)(C)C(=O)C(CCCN)CC(=O)C(N)Cc1ccccc1.CC(C)C.CC(C)C.CC(CC(=O)C(N)C(C)C)C(=O)C(C)(C)C. The smallest absolute Gasteiger partial charge is 0.150 e. The van der Waals surface area contributed by atoms with Crippen molar-refractivity contribution in [1.82, 2.24) is 0 Å². The van der Waals surface area contributed by atoms with Gasteiger partial charge in [0, 0.05) is 35.5 Å². The van der Waals surface area contributed by atoms with Crippen molar-refractivity contribution in [3.05, 3.63) is 35.9 Å². The average molecular weight is 662 g/mol. The summed E-state index contributed by atoms with van der Waals surface area (Å²) in [7, 11) is 0. The lowest BCUT2D eigenvalue weighted by atomic mass is 9.78. The van der Waals surface area contributed by atoms with Gasteiger partial charge in [-0.3, -0.25) is 19.2 Å². The summed E-state index contributed by atoms with van der Waals surface area (Å²) >= 11 is 0. The highest BCUT2D eigenvalue weighted by Crippen LogP contribution is 2.26. The Bertz CT molecular complexity index is 993. The minimum absolute atomic E-state index is 0.0138. The number of benzene rings is 1. The maximum atomic E-state index is 12.6. The predicted molar refractivity (Wildman–Crippen MR) is 201 cm³/mol. The van der Waals surface area contributed by atoms with Crippen LogP contribution in [0.5, 0.6) is 0 Å². The third-order valence-electron chi connectivity index (χ3n) is 6.81. The van der Waals surface area contributed by atoms with E-state index in [0.29, 0.717) is 19.4 Å². The molecule has 1 aromatic rings. The molecule has 0 saturated heterocycles. The van der Waals surface area contributed by atoms with Crippen molar-refractivity contribution in [3.8, 4) is 0 Å². The Kier molecular flexibility index (Phi) is 26.0. The summed E-state index contributed by atoms with van der Waals surface area (Å²) < 4.78 is 0. The molecular weight excluding hydrogens is 586 g/mol. The molecule has 0 aromatic heterocycles. The summed E-state index contributed by atoms with van der Waals surface area (Å²) in [6.07, 6.45) is 2.37. The van der Waals surface area contributed by atoms with Gasteiger partial charge in [0.15, 0.2) is 5.78 Å². The van der Waals surface area contributed by atoms with E-state index in [-0.39, 0.29) is 59.1 Å². The van der Waals surface area contributed by atoms with Crippen LogP contribution in [-0.4, -0.2) is 41.8 Å². The first-order valence-corrected chi connectivity index (χ1v) is 17.7. The molecular formula is C40H75N3O4. The van der Waals surface area contributed by atoms with Crippen molar-refractivity contribution >= 4 is 23.1 Å². The van der Waals surface area contributed by atoms with Crippen LogP contribution in [0.4, 0.5) is 0 Å². The fourth-order valence-electron chi connectivity index (χ4n) is 4.32. The zero-order valence-electron chi connectivity index (χ0n) is 33.0. The third-order valence-corrected chi connectivity index (χ3v) is 6.81. The van der Waals surface area contributed by atoms with Crippen LogP contribution < -0.4 is 17.2 Å². The zero-order chi connectivity index (χ0) is 37.7. The molecule has 7 nitrogen and oxygen atoms in total. The van der Waals surface area contributed by atoms with Crippen molar-refractivity contribution in [3.63, 3.8) is 0 Å². The third kappa shape index (κ3) is 26.4. The second-order valence-electron chi connectivity index (χ2n) is 16.6. The molecule has 0 spiro atoms. The van der Waals surface area contributed by atoms with Gasteiger partial charge in [0.25, 0.3) is 0 Å². The molecule has 1 rings (SSSR count). The standard InChI is InChI=1S/C19H30N2O2.C13H25NO2.2C4H10/c1-19(2,3)18(23)15(10-7-11-20)13-17(22)16(21)12-14-8-5-4-6-9-14;1-8(2)11(14)10(15)7-9(3)12(16)13(4,5)6;2*1-4(2)3/h4-6,8-9,15-16H,7,10-13,20-21H2,1-3H3;8-9,11H,7,14H2,1-6H3;2*4H,1-3H3. The van der Waals surface area contributed by atoms with E-state index in [9.17, 15) is 19.2 Å². The van der Waals surface area contributed by atoms with Gasteiger partial charge in [-0.2, -0.15) is 0 Å². The number of hydrogen-bond donors (Lipinski definition) is 3. The molecule has 0 fully saturated rings. The Morgan fingerprint density at radius 2 is 1.09 bits per heavy atom. The van der Waals surface area contributed by atoms with Crippen molar-refractivity contribution in [2.75, 3.05) is 6.54 Å². The summed E-state index contributed by atoms with van der Waals surface area (Å²) in [6, 6.07) is 8.69. The number of nitrogens with two attached hydrogens (primary N) is 3. The van der Waals surface area contributed by atoms with Crippen LogP contribution in [0.25, 0.3) is 0 Å². The van der Waals surface area contributed by atoms with Gasteiger partial charge < -0.3 is 17.2 Å². The van der Waals surface area contributed by atoms with Crippen LogP contribution in [0, 0.1) is 40.4 Å². The van der Waals surface area contributed by atoms with Gasteiger partial charge in [-0.1, -0.05) is 134 Å². The molecule has 274 valence electrons. The molecule has 7 heteroatoms. The maximum Gasteiger partial charge on any atom is 0.150 e. The van der Waals surface area contributed by atoms with Gasteiger partial charge in [0.1, 0.15) is 17.3 Å². The van der Waals surface area contributed by atoms with E-state index in [0.717, 1.165) is 23.8 Å². The monoisotopic (exact) mass is 662 g/mol. The second-order valence-corrected chi connectivity index (χ2v) is 16.6. The molecule has 4 unspecified atom stereocenters. The van der Waals surface area contributed by atoms with E-state index in [1.807, 2.05) is 85.7 Å². The largest absolute Gasteiger partial charge is 0.330 e. The molecule has 0 aliphatic carbocycles. The van der Waals surface area contributed by atoms with Crippen LogP contribution >= 0.6 is 0 Å². The Morgan fingerprint density at radius 1 is 0.660 bits per heavy atom. The fraction of sp³-hybridized carbons (Fsp3) is 0.750. The van der Waals surface area contributed by atoms with Gasteiger partial charge in [-0.05, 0) is 49.1 Å². The normalized spacial score (nSPS) is 14.0. The average Bonchev–Trinajstić information content (AvgIpc) is 2.93. The zero-order valence-corrected chi connectivity index (χ0v) is 33.0. The van der Waals surface area contributed by atoms with Crippen LogP contribution in [0.2, 0.25) is 0 Å². The van der Waals surface area contributed by atoms with Gasteiger partial charge in [-0.15, -0.1) is 0 Å². The van der Waals surface area contributed by atoms with Crippen molar-refractivity contribution in [2.24, 2.45) is 57.6 Å². The van der Waals surface area contributed by atoms with Crippen LogP contribution in [0.15, 0.2) is 30.3 Å². The number of Topliss-reactive ketones (excluding diaryl/α,β-unsaturated/α-hetero) is 4. The highest BCUT2D eigenvalue weighted by molar-refractivity contribution is 5.93. The summed E-state index contributed by atoms with van der Waals surface area (Å²) in [5, 5.41) is 0. The second kappa shape index (κ2) is 24.9. The summed E-state index contributed by atoms with van der Waals surface area (Å²) in [5.74, 6) is 1.45. The van der Waals surface area contributed by atoms with Crippen LogP contribution in [0.3, 0.4) is 0 Å². The van der Waals surface area contributed by atoms with Gasteiger partial charge >= 0.3 is 0 Å². The molecule has 4 atom stereocenters. The molecule has 0 radical (unpaired) electrons. The Labute approximate surface area is 290 Å². The first-order chi connectivity index (χ1) is 21.3. The topological polar surface area (TPSA) is 146 Å². The molecule has 6 N–H and O–H groups in total. The lowest BCUT2D eigenvalue weighted by molar-refractivity contribution is -0.134. The lowest BCUT2D eigenvalue weighted by Crippen LogP contribution is -2.38. The van der Waals surface area contributed by atoms with Gasteiger partial charge in [-0.25, -0.2) is 0 Å². The maximum absolute atomic E-state index is 12.6. The van der Waals surface area contributed by atoms with E-state index in [1.165, 1.54) is 0 Å². The molecule has 0 heterocycles. The molecule has 0 saturated carbocycles. The highest BCUT2D eigenvalue weighted by atomic mass is 16.1. The number of hydrogen-bond acceptors (Lipinski definition) is 7. The Hall–Kier alpha value is -2.22. The van der Waals surface area contributed by atoms with Crippen molar-refractivity contribution in [2.45, 2.75) is 148 Å². The van der Waals surface area contributed by atoms with E-state index in [1.54, 1.807) is 6.92 Å². The minimum Gasteiger partial charge on any atom is -0.330 e. The number of carbonyl (C=O) groups is 4. The summed E-state index contributed by atoms with van der Waals surface area (Å²) in [6.45, 7) is 30.4. The lowest BCUT2D eigenvalue weighted by Gasteiger charge is -2.25. The molecule has 0 aliphatic heterocycles. The fourth-order valence-corrected chi connectivity index (χ4v) is 4.32. The van der Waals surface area contributed by atoms with Gasteiger partial charge in [0.05, 0.1) is 12.1 Å². The molecule has 0 amide bonds. The first kappa shape index (κ1) is 49.2. The summed E-state index contributed by atoms with van der Waals surface area (Å²) in [4.78, 5) is 48.6. The molecule has 0 bridgehead atoms. The number of ketones is 4. The molecule has 47 heavy (non-hydrogen) atoms. The first-order valence-electron chi connectivity index (χ1n) is 17.7. The predicted octanol–water partition coefficient (Wildman–Crippen LogP) is 7.99. The highest BCUT2D eigenvalue weighted by Gasteiger charge is 2.32. The van der Waals surface area contributed by atoms with Crippen LogP contribution in [-0.2, 0) is 25.6 Å². The van der Waals surface area contributed by atoms with Gasteiger partial charge in [0.2, 0.25) is 0 Å². The number of rotatable bonds is 14. The Balaban J connectivity index is -0.000000696. The Morgan fingerprint density at radius 3 is 1.45 bits per heavy atom. The minimum atomic E-state index is -0.564. The molecule has 0 aliphatic rings. The van der Waals surface area contributed by atoms with Crippen molar-refractivity contribution < 1.29 is 19.2 Å². The summed E-state index contributed by atoms with van der Waals surface area (Å²) in [5.41, 5.74) is 17.6. The van der Waals surface area contributed by atoms with E-state index >= 15 is 0 Å². The van der Waals surface area contributed by atoms with Crippen LogP contribution in [0.1, 0.15) is 135 Å². The van der Waals surface area contributed by atoms with Crippen molar-refractivity contribution in [1.29, 1.82) is 0 Å². The molecule has 1 aromatic carbocycles. The van der Waals surface area contributed by atoms with E-state index in [2.05, 4.69) is 41.5 Å². The van der Waals surface area contributed by atoms with E-state index in [4.69, 9.17) is 17.2 Å². The number of carbonyl (C=O) groups excluding carboxylic acids is 4. The van der Waals surface area contributed by atoms with E-state index < -0.39 is 17.5 Å².